The Hall–Kier alpha value is -1.72. The number of carbonyl (C=O) groups excluding carboxylic acids is 1. The average Bonchev–Trinajstić information content (AvgIpc) is 3.46. The quantitative estimate of drug-likeness (QED) is 0.530. The first-order chi connectivity index (χ1) is 15.0. The van der Waals surface area contributed by atoms with Gasteiger partial charge in [-0.1, -0.05) is 25.1 Å². The van der Waals surface area contributed by atoms with Gasteiger partial charge in [-0.05, 0) is 73.1 Å². The smallest absolute Gasteiger partial charge is 0.310 e. The average molecular weight is 426 g/mol. The Kier molecular flexibility index (Phi) is 4.59. The lowest BCUT2D eigenvalue weighted by Gasteiger charge is -2.51. The fourth-order valence-corrected chi connectivity index (χ4v) is 7.25. The molecular formula is C26H32FNO3. The summed E-state index contributed by atoms with van der Waals surface area (Å²) in [5.41, 5.74) is 2.72. The molecule has 0 bridgehead atoms. The predicted molar refractivity (Wildman–Crippen MR) is 116 cm³/mol. The molecule has 0 amide bonds. The Balaban J connectivity index is 1.15. The van der Waals surface area contributed by atoms with Crippen LogP contribution >= 0.6 is 0 Å². The molecule has 0 aromatic heterocycles. The molecule has 6 atom stereocenters. The topological polar surface area (TPSA) is 42.1 Å². The number of ether oxygens (including phenoxy) is 2. The number of benzene rings is 1. The summed E-state index contributed by atoms with van der Waals surface area (Å²) in [6, 6.07) is 6.76. The summed E-state index contributed by atoms with van der Waals surface area (Å²) in [7, 11) is 0. The van der Waals surface area contributed by atoms with Crippen LogP contribution < -0.4 is 0 Å². The molecule has 4 fully saturated rings. The van der Waals surface area contributed by atoms with E-state index in [1.54, 1.807) is 0 Å². The SMILES string of the molecule is C[C@]12CCC[C@@]3(CO3)[C@@H]1C[C@H]1[C@@H](C2)OC(=O)[C@@H]1CN1CC=C(c2ccc(F)cc2)CC1. The van der Waals surface area contributed by atoms with Crippen LogP contribution in [0.3, 0.4) is 0 Å². The minimum atomic E-state index is -0.198. The normalized spacial score (nSPS) is 42.0. The van der Waals surface area contributed by atoms with Gasteiger partial charge in [0.1, 0.15) is 11.9 Å². The Labute approximate surface area is 183 Å². The molecule has 5 aliphatic rings. The molecule has 0 radical (unpaired) electrons. The van der Waals surface area contributed by atoms with Crippen LogP contribution in [0.1, 0.15) is 51.0 Å². The lowest BCUT2D eigenvalue weighted by atomic mass is 9.53. The maximum absolute atomic E-state index is 13.2. The number of hydrogen-bond acceptors (Lipinski definition) is 4. The number of fused-ring (bicyclic) bond motifs is 3. The third-order valence-corrected chi connectivity index (χ3v) is 9.04. The first-order valence-corrected chi connectivity index (χ1v) is 12.0. The lowest BCUT2D eigenvalue weighted by Crippen LogP contribution is -2.51. The van der Waals surface area contributed by atoms with Crippen molar-refractivity contribution in [3.8, 4) is 0 Å². The van der Waals surface area contributed by atoms with Crippen LogP contribution in [-0.2, 0) is 14.3 Å². The van der Waals surface area contributed by atoms with Crippen molar-refractivity contribution in [2.45, 2.75) is 57.2 Å². The summed E-state index contributed by atoms with van der Waals surface area (Å²) in [6.45, 7) is 5.86. The Morgan fingerprint density at radius 1 is 1.23 bits per heavy atom. The maximum Gasteiger partial charge on any atom is 0.310 e. The van der Waals surface area contributed by atoms with Gasteiger partial charge in [0.2, 0.25) is 0 Å². The fourth-order valence-electron chi connectivity index (χ4n) is 7.25. The van der Waals surface area contributed by atoms with E-state index >= 15 is 0 Å². The Morgan fingerprint density at radius 2 is 2.03 bits per heavy atom. The summed E-state index contributed by atoms with van der Waals surface area (Å²) < 4.78 is 25.2. The molecule has 3 aliphatic heterocycles. The number of carbonyl (C=O) groups is 1. The van der Waals surface area contributed by atoms with E-state index < -0.39 is 0 Å². The third kappa shape index (κ3) is 3.36. The van der Waals surface area contributed by atoms with Crippen molar-refractivity contribution < 1.29 is 18.7 Å². The number of hydrogen-bond donors (Lipinski definition) is 0. The van der Waals surface area contributed by atoms with Gasteiger partial charge in [0, 0.05) is 25.6 Å². The summed E-state index contributed by atoms with van der Waals surface area (Å²) in [5, 5.41) is 0. The van der Waals surface area contributed by atoms with Gasteiger partial charge < -0.3 is 9.47 Å². The minimum Gasteiger partial charge on any atom is -0.462 e. The van der Waals surface area contributed by atoms with Crippen LogP contribution in [0.15, 0.2) is 30.3 Å². The van der Waals surface area contributed by atoms with Gasteiger partial charge in [-0.25, -0.2) is 4.39 Å². The molecule has 31 heavy (non-hydrogen) atoms. The van der Waals surface area contributed by atoms with E-state index in [4.69, 9.17) is 9.47 Å². The third-order valence-electron chi connectivity index (χ3n) is 9.04. The van der Waals surface area contributed by atoms with E-state index in [9.17, 15) is 9.18 Å². The van der Waals surface area contributed by atoms with E-state index in [0.29, 0.717) is 11.8 Å². The van der Waals surface area contributed by atoms with Crippen molar-refractivity contribution in [1.82, 2.24) is 4.90 Å². The molecular weight excluding hydrogens is 393 g/mol. The van der Waals surface area contributed by atoms with Gasteiger partial charge in [0.25, 0.3) is 0 Å². The van der Waals surface area contributed by atoms with Gasteiger partial charge in [0.05, 0.1) is 18.1 Å². The van der Waals surface area contributed by atoms with Crippen molar-refractivity contribution >= 4 is 11.5 Å². The molecule has 0 unspecified atom stereocenters. The second kappa shape index (κ2) is 7.14. The zero-order valence-electron chi connectivity index (χ0n) is 18.3. The van der Waals surface area contributed by atoms with Crippen LogP contribution in [0.4, 0.5) is 4.39 Å². The second-order valence-corrected chi connectivity index (χ2v) is 10.8. The zero-order chi connectivity index (χ0) is 21.2. The van der Waals surface area contributed by atoms with Crippen LogP contribution in [0.2, 0.25) is 0 Å². The Bertz CT molecular complexity index is 908. The zero-order valence-corrected chi connectivity index (χ0v) is 18.3. The predicted octanol–water partition coefficient (Wildman–Crippen LogP) is 4.44. The van der Waals surface area contributed by atoms with Crippen LogP contribution in [-0.4, -0.2) is 48.8 Å². The molecule has 6 rings (SSSR count). The highest BCUT2D eigenvalue weighted by molar-refractivity contribution is 5.76. The van der Waals surface area contributed by atoms with Crippen LogP contribution in [0, 0.1) is 29.0 Å². The van der Waals surface area contributed by atoms with Crippen molar-refractivity contribution in [1.29, 1.82) is 0 Å². The largest absolute Gasteiger partial charge is 0.462 e. The highest BCUT2D eigenvalue weighted by Crippen LogP contribution is 2.62. The summed E-state index contributed by atoms with van der Waals surface area (Å²) >= 11 is 0. The lowest BCUT2D eigenvalue weighted by molar-refractivity contribution is -0.147. The van der Waals surface area contributed by atoms with Gasteiger partial charge in [-0.15, -0.1) is 0 Å². The van der Waals surface area contributed by atoms with Gasteiger partial charge in [-0.2, -0.15) is 0 Å². The van der Waals surface area contributed by atoms with Gasteiger partial charge >= 0.3 is 5.97 Å². The van der Waals surface area contributed by atoms with Crippen molar-refractivity contribution in [2.75, 3.05) is 26.2 Å². The molecule has 2 saturated carbocycles. The van der Waals surface area contributed by atoms with Crippen molar-refractivity contribution in [3.63, 3.8) is 0 Å². The van der Waals surface area contributed by atoms with E-state index in [0.717, 1.165) is 51.1 Å². The number of halogens is 1. The molecule has 1 aromatic carbocycles. The molecule has 0 N–H and O–H groups in total. The standard InChI is InChI=1S/C26H32FNO3/c1-25-9-2-10-26(16-30-26)23(25)13-20-21(24(29)31-22(20)14-25)15-28-11-7-18(8-12-28)17-3-5-19(27)6-4-17/h3-7,20-23H,2,8-16H2,1H3/t20-,21-,22-,23-,25-,26-/m1/s1. The van der Waals surface area contributed by atoms with Crippen molar-refractivity contribution in [2.24, 2.45) is 23.2 Å². The van der Waals surface area contributed by atoms with Crippen LogP contribution in [0.25, 0.3) is 5.57 Å². The molecule has 166 valence electrons. The molecule has 2 saturated heterocycles. The summed E-state index contributed by atoms with van der Waals surface area (Å²) in [6.07, 6.45) is 8.98. The molecule has 1 spiro atoms. The van der Waals surface area contributed by atoms with Crippen molar-refractivity contribution in [3.05, 3.63) is 41.7 Å². The van der Waals surface area contributed by atoms with Crippen LogP contribution in [0.5, 0.6) is 0 Å². The maximum atomic E-state index is 13.2. The number of epoxide rings is 1. The summed E-state index contributed by atoms with van der Waals surface area (Å²) in [5.74, 6) is 0.686. The number of nitrogens with zero attached hydrogens (tertiary/aromatic N) is 1. The Morgan fingerprint density at radius 3 is 2.74 bits per heavy atom. The minimum absolute atomic E-state index is 0.0105. The second-order valence-electron chi connectivity index (χ2n) is 10.8. The highest BCUT2D eigenvalue weighted by Gasteiger charge is 2.65. The van der Waals surface area contributed by atoms with E-state index in [-0.39, 0.29) is 34.8 Å². The van der Waals surface area contributed by atoms with Gasteiger partial charge in [-0.3, -0.25) is 9.69 Å². The molecule has 1 aromatic rings. The highest BCUT2D eigenvalue weighted by atomic mass is 19.1. The summed E-state index contributed by atoms with van der Waals surface area (Å²) in [4.78, 5) is 15.3. The number of esters is 1. The molecule has 5 heteroatoms. The monoisotopic (exact) mass is 425 g/mol. The first-order valence-electron chi connectivity index (χ1n) is 12.0. The van der Waals surface area contributed by atoms with E-state index in [2.05, 4.69) is 17.9 Å². The molecule has 2 aliphatic carbocycles. The fraction of sp³-hybridized carbons (Fsp3) is 0.654. The van der Waals surface area contributed by atoms with Gasteiger partial charge in [0.15, 0.2) is 0 Å². The number of rotatable bonds is 3. The van der Waals surface area contributed by atoms with E-state index in [1.165, 1.54) is 37.0 Å². The van der Waals surface area contributed by atoms with E-state index in [1.807, 2.05) is 12.1 Å². The first kappa shape index (κ1) is 19.9. The molecule has 4 nitrogen and oxygen atoms in total. The molecule has 3 heterocycles.